The highest BCUT2D eigenvalue weighted by Gasteiger charge is 2.08. The number of hydrogen-bond acceptors (Lipinski definition) is 3. The Kier molecular flexibility index (Phi) is 5.49. The summed E-state index contributed by atoms with van der Waals surface area (Å²) < 4.78 is 2.09. The second-order valence-electron chi connectivity index (χ2n) is 4.28. The minimum Gasteiger partial charge on any atom is -0.329 e. The minimum absolute atomic E-state index is 0.536. The molecule has 4 nitrogen and oxygen atoms in total. The molecule has 0 fully saturated rings. The predicted molar refractivity (Wildman–Crippen MR) is 67.2 cm³/mol. The van der Waals surface area contributed by atoms with Gasteiger partial charge >= 0.3 is 0 Å². The lowest BCUT2D eigenvalue weighted by atomic mass is 10.2. The summed E-state index contributed by atoms with van der Waals surface area (Å²) >= 11 is 0. The largest absolute Gasteiger partial charge is 0.329 e. The van der Waals surface area contributed by atoms with Gasteiger partial charge < -0.3 is 5.73 Å². The Morgan fingerprint density at radius 1 is 1.44 bits per heavy atom. The molecule has 0 bridgehead atoms. The van der Waals surface area contributed by atoms with Crippen LogP contribution in [0.15, 0.2) is 12.3 Å². The molecular weight excluding hydrogens is 200 g/mol. The lowest BCUT2D eigenvalue weighted by Gasteiger charge is -2.14. The fourth-order valence-electron chi connectivity index (χ4n) is 1.90. The lowest BCUT2D eigenvalue weighted by molar-refractivity contribution is 0.327. The van der Waals surface area contributed by atoms with E-state index in [1.54, 1.807) is 0 Å². The third-order valence-electron chi connectivity index (χ3n) is 2.92. The molecule has 1 aromatic heterocycles. The number of nitrogens with zero attached hydrogens (tertiary/aromatic N) is 3. The highest BCUT2D eigenvalue weighted by atomic mass is 15.3. The van der Waals surface area contributed by atoms with Gasteiger partial charge in [0.25, 0.3) is 0 Å². The Hall–Kier alpha value is -0.870. The maximum Gasteiger partial charge on any atom is 0.0764 e. The average Bonchev–Trinajstić information content (AvgIpc) is 2.68. The first kappa shape index (κ1) is 13.2. The van der Waals surface area contributed by atoms with Crippen LogP contribution in [0.3, 0.4) is 0 Å². The molecule has 0 amide bonds. The SMILES string of the molecule is CCC(CC)n1ccc(CN(C)CCN)n1. The van der Waals surface area contributed by atoms with Gasteiger partial charge in [-0.15, -0.1) is 0 Å². The van der Waals surface area contributed by atoms with E-state index < -0.39 is 0 Å². The Morgan fingerprint density at radius 2 is 2.12 bits per heavy atom. The molecule has 1 heterocycles. The number of aromatic nitrogens is 2. The number of likely N-dealkylation sites (N-methyl/N-ethyl adjacent to an activating group) is 1. The number of hydrogen-bond donors (Lipinski definition) is 1. The van der Waals surface area contributed by atoms with Gasteiger partial charge in [-0.05, 0) is 26.0 Å². The van der Waals surface area contributed by atoms with Gasteiger partial charge in [-0.25, -0.2) is 0 Å². The van der Waals surface area contributed by atoms with Crippen molar-refractivity contribution in [2.24, 2.45) is 5.73 Å². The molecule has 0 saturated heterocycles. The van der Waals surface area contributed by atoms with Crippen molar-refractivity contribution in [1.82, 2.24) is 14.7 Å². The summed E-state index contributed by atoms with van der Waals surface area (Å²) in [6, 6.07) is 2.64. The predicted octanol–water partition coefficient (Wildman–Crippen LogP) is 1.63. The van der Waals surface area contributed by atoms with Gasteiger partial charge in [0.15, 0.2) is 0 Å². The molecule has 0 aliphatic heterocycles. The van der Waals surface area contributed by atoms with Crippen LogP contribution < -0.4 is 5.73 Å². The zero-order chi connectivity index (χ0) is 12.0. The Bertz CT molecular complexity index is 291. The lowest BCUT2D eigenvalue weighted by Crippen LogP contribution is -2.25. The number of rotatable bonds is 7. The van der Waals surface area contributed by atoms with Gasteiger partial charge in [-0.1, -0.05) is 13.8 Å². The summed E-state index contributed by atoms with van der Waals surface area (Å²) in [6.45, 7) is 6.90. The van der Waals surface area contributed by atoms with E-state index in [4.69, 9.17) is 5.73 Å². The van der Waals surface area contributed by atoms with Crippen molar-refractivity contribution in [2.75, 3.05) is 20.1 Å². The van der Waals surface area contributed by atoms with Crippen molar-refractivity contribution < 1.29 is 0 Å². The molecule has 1 rings (SSSR count). The van der Waals surface area contributed by atoms with Crippen LogP contribution >= 0.6 is 0 Å². The van der Waals surface area contributed by atoms with E-state index in [-0.39, 0.29) is 0 Å². The van der Waals surface area contributed by atoms with E-state index in [2.05, 4.69) is 47.8 Å². The van der Waals surface area contributed by atoms with Crippen LogP contribution in [0.1, 0.15) is 38.4 Å². The molecule has 2 N–H and O–H groups in total. The Balaban J connectivity index is 2.57. The first-order chi connectivity index (χ1) is 7.71. The van der Waals surface area contributed by atoms with Gasteiger partial charge in [0, 0.05) is 25.8 Å². The van der Waals surface area contributed by atoms with Crippen LogP contribution in [-0.2, 0) is 6.54 Å². The first-order valence-corrected chi connectivity index (χ1v) is 6.13. The van der Waals surface area contributed by atoms with E-state index in [0.717, 1.165) is 31.6 Å². The summed E-state index contributed by atoms with van der Waals surface area (Å²) in [5.74, 6) is 0. The molecule has 0 spiro atoms. The zero-order valence-corrected chi connectivity index (χ0v) is 10.7. The monoisotopic (exact) mass is 224 g/mol. The van der Waals surface area contributed by atoms with Crippen molar-refractivity contribution >= 4 is 0 Å². The normalized spacial score (nSPS) is 11.6. The van der Waals surface area contributed by atoms with E-state index >= 15 is 0 Å². The highest BCUT2D eigenvalue weighted by molar-refractivity contribution is 4.99. The molecule has 0 unspecified atom stereocenters. The molecule has 0 aliphatic carbocycles. The third-order valence-corrected chi connectivity index (χ3v) is 2.92. The van der Waals surface area contributed by atoms with Gasteiger partial charge in [0.2, 0.25) is 0 Å². The van der Waals surface area contributed by atoms with Crippen LogP contribution in [0.4, 0.5) is 0 Å². The van der Waals surface area contributed by atoms with Crippen LogP contribution in [-0.4, -0.2) is 34.8 Å². The van der Waals surface area contributed by atoms with Crippen LogP contribution in [0.5, 0.6) is 0 Å². The molecule has 0 radical (unpaired) electrons. The van der Waals surface area contributed by atoms with Crippen LogP contribution in [0, 0.1) is 0 Å². The minimum atomic E-state index is 0.536. The highest BCUT2D eigenvalue weighted by Crippen LogP contribution is 2.14. The van der Waals surface area contributed by atoms with Crippen LogP contribution in [0.2, 0.25) is 0 Å². The zero-order valence-electron chi connectivity index (χ0n) is 10.7. The summed E-state index contributed by atoms with van der Waals surface area (Å²) in [5.41, 5.74) is 6.64. The standard InChI is InChI=1S/C12H24N4/c1-4-12(5-2)16-8-6-11(14-16)10-15(3)9-7-13/h6,8,12H,4-5,7,9-10,13H2,1-3H3. The van der Waals surface area contributed by atoms with Crippen molar-refractivity contribution in [1.29, 1.82) is 0 Å². The summed E-state index contributed by atoms with van der Waals surface area (Å²) in [4.78, 5) is 2.19. The quantitative estimate of drug-likeness (QED) is 0.766. The van der Waals surface area contributed by atoms with Crippen molar-refractivity contribution in [3.63, 3.8) is 0 Å². The molecule has 0 atom stereocenters. The second-order valence-corrected chi connectivity index (χ2v) is 4.28. The molecule has 4 heteroatoms. The summed E-state index contributed by atoms with van der Waals surface area (Å²) in [7, 11) is 2.07. The van der Waals surface area contributed by atoms with E-state index in [9.17, 15) is 0 Å². The van der Waals surface area contributed by atoms with E-state index in [1.807, 2.05) is 0 Å². The Morgan fingerprint density at radius 3 is 2.69 bits per heavy atom. The molecule has 1 aromatic rings. The van der Waals surface area contributed by atoms with E-state index in [0.29, 0.717) is 12.6 Å². The Labute approximate surface area is 98.4 Å². The van der Waals surface area contributed by atoms with Gasteiger partial charge in [0.1, 0.15) is 0 Å². The third kappa shape index (κ3) is 3.61. The summed E-state index contributed by atoms with van der Waals surface area (Å²) in [6.07, 6.45) is 4.36. The van der Waals surface area contributed by atoms with Crippen molar-refractivity contribution in [3.05, 3.63) is 18.0 Å². The first-order valence-electron chi connectivity index (χ1n) is 6.13. The van der Waals surface area contributed by atoms with Crippen molar-refractivity contribution in [2.45, 2.75) is 39.3 Å². The maximum absolute atomic E-state index is 5.51. The molecule has 16 heavy (non-hydrogen) atoms. The molecule has 0 saturated carbocycles. The smallest absolute Gasteiger partial charge is 0.0764 e. The van der Waals surface area contributed by atoms with Gasteiger partial charge in [0.05, 0.1) is 11.7 Å². The van der Waals surface area contributed by atoms with Crippen molar-refractivity contribution in [3.8, 4) is 0 Å². The molecule has 92 valence electrons. The van der Waals surface area contributed by atoms with Gasteiger partial charge in [-0.3, -0.25) is 9.58 Å². The molecule has 0 aliphatic rings. The van der Waals surface area contributed by atoms with E-state index in [1.165, 1.54) is 0 Å². The topological polar surface area (TPSA) is 47.1 Å². The number of nitrogens with two attached hydrogens (primary N) is 1. The second kappa shape index (κ2) is 6.66. The average molecular weight is 224 g/mol. The fourth-order valence-corrected chi connectivity index (χ4v) is 1.90. The van der Waals surface area contributed by atoms with Crippen LogP contribution in [0.25, 0.3) is 0 Å². The molecular formula is C12H24N4. The maximum atomic E-state index is 5.51. The fraction of sp³-hybridized carbons (Fsp3) is 0.750. The summed E-state index contributed by atoms with van der Waals surface area (Å²) in [5, 5.41) is 4.61. The molecule has 0 aromatic carbocycles. The van der Waals surface area contributed by atoms with Gasteiger partial charge in [-0.2, -0.15) is 5.10 Å².